The van der Waals surface area contributed by atoms with Crippen molar-refractivity contribution in [2.75, 3.05) is 17.7 Å². The molecule has 1 aliphatic carbocycles. The first-order chi connectivity index (χ1) is 15.1. The Bertz CT molecular complexity index is 1150. The largest absolute Gasteiger partial charge is 0.497 e. The number of allylic oxidation sites excluding steroid dienone is 1. The second kappa shape index (κ2) is 8.12. The van der Waals surface area contributed by atoms with Crippen LogP contribution in [0.3, 0.4) is 0 Å². The van der Waals surface area contributed by atoms with Gasteiger partial charge in [-0.3, -0.25) is 4.79 Å². The average molecular weight is 431 g/mol. The molecule has 2 N–H and O–H groups in total. The number of Topliss-reactive ketones (excluding diaryl/α,β-unsaturated/α-hetero) is 1. The topological polar surface area (TPSA) is 50.4 Å². The molecule has 2 aliphatic rings. The van der Waals surface area contributed by atoms with Gasteiger partial charge in [-0.2, -0.15) is 0 Å². The van der Waals surface area contributed by atoms with Gasteiger partial charge >= 0.3 is 0 Å². The van der Waals surface area contributed by atoms with Crippen LogP contribution in [0.25, 0.3) is 0 Å². The molecular formula is C26H23ClN2O2. The maximum absolute atomic E-state index is 13.5. The van der Waals surface area contributed by atoms with Crippen LogP contribution in [0.1, 0.15) is 35.9 Å². The van der Waals surface area contributed by atoms with E-state index in [-0.39, 0.29) is 17.7 Å². The van der Waals surface area contributed by atoms with E-state index >= 15 is 0 Å². The number of ether oxygens (including phenoxy) is 1. The number of anilines is 2. The molecule has 1 aliphatic heterocycles. The number of nitrogens with one attached hydrogen (secondary N) is 2. The zero-order chi connectivity index (χ0) is 21.4. The molecule has 0 saturated heterocycles. The minimum absolute atomic E-state index is 0.126. The molecule has 0 saturated carbocycles. The molecule has 5 rings (SSSR count). The Morgan fingerprint density at radius 3 is 2.26 bits per heavy atom. The van der Waals surface area contributed by atoms with Gasteiger partial charge < -0.3 is 15.4 Å². The van der Waals surface area contributed by atoms with Crippen LogP contribution in [0, 0.1) is 0 Å². The third-order valence-corrected chi connectivity index (χ3v) is 6.35. The van der Waals surface area contributed by atoms with Crippen LogP contribution in [-0.2, 0) is 4.79 Å². The van der Waals surface area contributed by atoms with Crippen LogP contribution < -0.4 is 15.4 Å². The van der Waals surface area contributed by atoms with Crippen molar-refractivity contribution in [2.24, 2.45) is 0 Å². The van der Waals surface area contributed by atoms with Gasteiger partial charge in [-0.15, -0.1) is 0 Å². The molecule has 0 unspecified atom stereocenters. The van der Waals surface area contributed by atoms with E-state index < -0.39 is 0 Å². The normalized spacial score (nSPS) is 20.1. The minimum Gasteiger partial charge on any atom is -0.497 e. The number of fused-ring (bicyclic) bond motifs is 1. The van der Waals surface area contributed by atoms with Gasteiger partial charge in [0.05, 0.1) is 24.5 Å². The third kappa shape index (κ3) is 3.79. The number of hydrogen-bond acceptors (Lipinski definition) is 4. The van der Waals surface area contributed by atoms with Crippen LogP contribution in [0.2, 0.25) is 5.02 Å². The molecule has 2 atom stereocenters. The van der Waals surface area contributed by atoms with E-state index in [0.29, 0.717) is 11.4 Å². The van der Waals surface area contributed by atoms with E-state index in [2.05, 4.69) is 22.8 Å². The first-order valence-electron chi connectivity index (χ1n) is 10.4. The summed E-state index contributed by atoms with van der Waals surface area (Å²) in [6.45, 7) is 0. The SMILES string of the molecule is COc1ccc([C@H]2CC(=O)C3=C(C2)Nc2ccccc2N[C@@H]3c2ccc(Cl)cc2)cc1. The zero-order valence-corrected chi connectivity index (χ0v) is 17.9. The van der Waals surface area contributed by atoms with Gasteiger partial charge in [0.1, 0.15) is 5.75 Å². The molecule has 4 nitrogen and oxygen atoms in total. The number of hydrogen-bond donors (Lipinski definition) is 2. The molecule has 0 fully saturated rings. The Morgan fingerprint density at radius 1 is 0.871 bits per heavy atom. The Hall–Kier alpha value is -3.24. The van der Waals surface area contributed by atoms with E-state index in [0.717, 1.165) is 45.9 Å². The highest BCUT2D eigenvalue weighted by molar-refractivity contribution is 6.30. The van der Waals surface area contributed by atoms with Crippen molar-refractivity contribution in [1.29, 1.82) is 0 Å². The fourth-order valence-corrected chi connectivity index (χ4v) is 4.64. The zero-order valence-electron chi connectivity index (χ0n) is 17.2. The van der Waals surface area contributed by atoms with Gasteiger partial charge in [0.15, 0.2) is 5.78 Å². The van der Waals surface area contributed by atoms with Crippen molar-refractivity contribution in [3.8, 4) is 5.75 Å². The highest BCUT2D eigenvalue weighted by Gasteiger charge is 2.36. The molecule has 0 aromatic heterocycles. The van der Waals surface area contributed by atoms with Gasteiger partial charge in [-0.1, -0.05) is 48.0 Å². The fraction of sp³-hybridized carbons (Fsp3) is 0.192. The van der Waals surface area contributed by atoms with E-state index in [1.807, 2.05) is 60.7 Å². The second-order valence-corrected chi connectivity index (χ2v) is 8.43. The first kappa shape index (κ1) is 19.7. The van der Waals surface area contributed by atoms with Crippen molar-refractivity contribution in [1.82, 2.24) is 0 Å². The average Bonchev–Trinajstić information content (AvgIpc) is 2.96. The quantitative estimate of drug-likeness (QED) is 0.509. The molecular weight excluding hydrogens is 408 g/mol. The van der Waals surface area contributed by atoms with Crippen molar-refractivity contribution in [2.45, 2.75) is 24.8 Å². The third-order valence-electron chi connectivity index (χ3n) is 6.10. The summed E-state index contributed by atoms with van der Waals surface area (Å²) < 4.78 is 5.28. The standard InChI is InChI=1S/C26H23ClN2O2/c1-31-20-12-8-16(9-13-20)18-14-23-25(24(30)15-18)26(17-6-10-19(27)11-7-17)29-22-5-3-2-4-21(22)28-23/h2-13,18,26,28-29H,14-15H2,1H3/t18-,26-/m1/s1. The highest BCUT2D eigenvalue weighted by atomic mass is 35.5. The van der Waals surface area contributed by atoms with E-state index in [1.165, 1.54) is 0 Å². The van der Waals surface area contributed by atoms with E-state index in [4.69, 9.17) is 16.3 Å². The van der Waals surface area contributed by atoms with Crippen LogP contribution in [0.15, 0.2) is 84.1 Å². The summed E-state index contributed by atoms with van der Waals surface area (Å²) in [4.78, 5) is 13.5. The smallest absolute Gasteiger partial charge is 0.163 e. The molecule has 0 bridgehead atoms. The van der Waals surface area contributed by atoms with Gasteiger partial charge in [-0.25, -0.2) is 0 Å². The Morgan fingerprint density at radius 2 is 1.55 bits per heavy atom. The summed E-state index contributed by atoms with van der Waals surface area (Å²) >= 11 is 6.12. The number of carbonyl (C=O) groups is 1. The van der Waals surface area contributed by atoms with Crippen LogP contribution in [0.5, 0.6) is 5.75 Å². The summed E-state index contributed by atoms with van der Waals surface area (Å²) in [5.41, 5.74) is 5.92. The van der Waals surface area contributed by atoms with E-state index in [1.54, 1.807) is 7.11 Å². The summed E-state index contributed by atoms with van der Waals surface area (Å²) in [5.74, 6) is 1.11. The van der Waals surface area contributed by atoms with Gasteiger partial charge in [-0.05, 0) is 59.9 Å². The number of benzene rings is 3. The number of methoxy groups -OCH3 is 1. The summed E-state index contributed by atoms with van der Waals surface area (Å²) in [6, 6.07) is 23.6. The monoisotopic (exact) mass is 430 g/mol. The second-order valence-electron chi connectivity index (χ2n) is 7.99. The number of ketones is 1. The van der Waals surface area contributed by atoms with Crippen molar-refractivity contribution in [3.63, 3.8) is 0 Å². The van der Waals surface area contributed by atoms with Crippen LogP contribution in [-0.4, -0.2) is 12.9 Å². The summed E-state index contributed by atoms with van der Waals surface area (Å²) in [7, 11) is 1.66. The molecule has 3 aromatic carbocycles. The molecule has 0 radical (unpaired) electrons. The molecule has 31 heavy (non-hydrogen) atoms. The summed E-state index contributed by atoms with van der Waals surface area (Å²) in [5, 5.41) is 7.84. The van der Waals surface area contributed by atoms with E-state index in [9.17, 15) is 4.79 Å². The maximum atomic E-state index is 13.5. The Kier molecular flexibility index (Phi) is 5.16. The fourth-order valence-electron chi connectivity index (χ4n) is 4.51. The predicted molar refractivity (Wildman–Crippen MR) is 125 cm³/mol. The Labute approximate surface area is 186 Å². The van der Waals surface area contributed by atoms with Crippen LogP contribution in [0.4, 0.5) is 11.4 Å². The number of rotatable bonds is 3. The highest BCUT2D eigenvalue weighted by Crippen LogP contribution is 2.44. The summed E-state index contributed by atoms with van der Waals surface area (Å²) in [6.07, 6.45) is 1.25. The lowest BCUT2D eigenvalue weighted by Crippen LogP contribution is -2.26. The predicted octanol–water partition coefficient (Wildman–Crippen LogP) is 6.33. The molecule has 5 heteroatoms. The Balaban J connectivity index is 1.57. The lowest BCUT2D eigenvalue weighted by atomic mass is 9.78. The van der Waals surface area contributed by atoms with Crippen LogP contribution >= 0.6 is 11.6 Å². The molecule has 156 valence electrons. The van der Waals surface area contributed by atoms with Gasteiger partial charge in [0, 0.05) is 22.7 Å². The van der Waals surface area contributed by atoms with Crippen molar-refractivity contribution in [3.05, 3.63) is 100 Å². The molecule has 0 spiro atoms. The van der Waals surface area contributed by atoms with Gasteiger partial charge in [0.2, 0.25) is 0 Å². The number of halogens is 1. The molecule has 0 amide bonds. The maximum Gasteiger partial charge on any atom is 0.163 e. The van der Waals surface area contributed by atoms with Gasteiger partial charge in [0.25, 0.3) is 0 Å². The molecule has 3 aromatic rings. The lowest BCUT2D eigenvalue weighted by Gasteiger charge is -2.30. The number of para-hydroxylation sites is 2. The minimum atomic E-state index is -0.229. The van der Waals surface area contributed by atoms with Crippen molar-refractivity contribution < 1.29 is 9.53 Å². The first-order valence-corrected chi connectivity index (χ1v) is 10.8. The molecule has 1 heterocycles. The lowest BCUT2D eigenvalue weighted by molar-refractivity contribution is -0.116. The number of carbonyl (C=O) groups excluding carboxylic acids is 1. The van der Waals surface area contributed by atoms with Crippen molar-refractivity contribution >= 4 is 28.8 Å².